The highest BCUT2D eigenvalue weighted by atomic mass is 16.5. The molecule has 2 aromatic rings. The minimum Gasteiger partial charge on any atom is -0.489 e. The molecule has 20 heavy (non-hydrogen) atoms. The molecule has 0 spiro atoms. The maximum Gasteiger partial charge on any atom is 0.488 e. The smallest absolute Gasteiger partial charge is 0.488 e. The van der Waals surface area contributed by atoms with E-state index in [1.54, 1.807) is 30.3 Å². The lowest BCUT2D eigenvalue weighted by atomic mass is 9.80. The van der Waals surface area contributed by atoms with Crippen molar-refractivity contribution in [1.82, 2.24) is 0 Å². The average Bonchev–Trinajstić information content (AvgIpc) is 2.46. The fourth-order valence-electron chi connectivity index (χ4n) is 1.82. The van der Waals surface area contributed by atoms with Crippen LogP contribution in [0.4, 0.5) is 0 Å². The van der Waals surface area contributed by atoms with Gasteiger partial charge in [0, 0.05) is 0 Å². The van der Waals surface area contributed by atoms with Crippen molar-refractivity contribution in [2.75, 3.05) is 0 Å². The number of hydrogen-bond acceptors (Lipinski definition) is 4. The van der Waals surface area contributed by atoms with Crippen LogP contribution >= 0.6 is 0 Å². The number of ether oxygens (including phenoxy) is 1. The summed E-state index contributed by atoms with van der Waals surface area (Å²) < 4.78 is 5.63. The number of hydrogen-bond donors (Lipinski definition) is 2. The second-order valence-electron chi connectivity index (χ2n) is 4.48. The van der Waals surface area contributed by atoms with Crippen LogP contribution in [0.2, 0.25) is 0 Å². The highest BCUT2D eigenvalue weighted by Gasteiger charge is 2.10. The Kier molecular flexibility index (Phi) is 4.41. The van der Waals surface area contributed by atoms with E-state index in [0.29, 0.717) is 23.4 Å². The van der Waals surface area contributed by atoms with Crippen molar-refractivity contribution < 1.29 is 14.8 Å². The minimum absolute atomic E-state index is 0.401. The molecule has 0 amide bonds. The molecule has 0 fully saturated rings. The van der Waals surface area contributed by atoms with Gasteiger partial charge in [0.1, 0.15) is 12.4 Å². The zero-order chi connectivity index (χ0) is 14.5. The Morgan fingerprint density at radius 1 is 1.15 bits per heavy atom. The molecule has 2 aromatic carbocycles. The van der Waals surface area contributed by atoms with Crippen molar-refractivity contribution in [3.05, 3.63) is 59.2 Å². The van der Waals surface area contributed by atoms with Gasteiger partial charge in [-0.25, -0.2) is 0 Å². The van der Waals surface area contributed by atoms with Crippen LogP contribution in [0.1, 0.15) is 16.7 Å². The predicted octanol–water partition coefficient (Wildman–Crippen LogP) is 1.13. The van der Waals surface area contributed by atoms with E-state index < -0.39 is 7.12 Å². The topological polar surface area (TPSA) is 73.5 Å². The third-order valence-corrected chi connectivity index (χ3v) is 3.04. The summed E-state index contributed by atoms with van der Waals surface area (Å²) in [6.45, 7) is 2.34. The van der Waals surface area contributed by atoms with Gasteiger partial charge < -0.3 is 14.8 Å². The molecule has 0 unspecified atom stereocenters. The third kappa shape index (κ3) is 3.38. The van der Waals surface area contributed by atoms with E-state index in [4.69, 9.17) is 20.0 Å². The van der Waals surface area contributed by atoms with Gasteiger partial charge >= 0.3 is 7.12 Å². The minimum atomic E-state index is -1.47. The van der Waals surface area contributed by atoms with E-state index >= 15 is 0 Å². The summed E-state index contributed by atoms with van der Waals surface area (Å²) in [6.07, 6.45) is 0. The molecular formula is C15H14BNO3. The lowest BCUT2D eigenvalue weighted by Crippen LogP contribution is -2.29. The van der Waals surface area contributed by atoms with Crippen LogP contribution < -0.4 is 10.2 Å². The molecule has 0 saturated carbocycles. The fraction of sp³-hybridized carbons (Fsp3) is 0.133. The molecule has 0 heterocycles. The number of nitrogens with zero attached hydrogens (tertiary/aromatic N) is 1. The van der Waals surface area contributed by atoms with Gasteiger partial charge in [0.05, 0.1) is 11.6 Å². The number of nitriles is 1. The second-order valence-corrected chi connectivity index (χ2v) is 4.48. The third-order valence-electron chi connectivity index (χ3n) is 3.04. The van der Waals surface area contributed by atoms with Crippen molar-refractivity contribution in [3.63, 3.8) is 0 Å². The van der Waals surface area contributed by atoms with Gasteiger partial charge in [0.25, 0.3) is 0 Å². The van der Waals surface area contributed by atoms with Gasteiger partial charge in [0.15, 0.2) is 0 Å². The summed E-state index contributed by atoms with van der Waals surface area (Å²) in [5, 5.41) is 26.8. The zero-order valence-corrected chi connectivity index (χ0v) is 11.1. The van der Waals surface area contributed by atoms with Gasteiger partial charge in [-0.05, 0) is 47.8 Å². The van der Waals surface area contributed by atoms with E-state index in [9.17, 15) is 0 Å². The van der Waals surface area contributed by atoms with Crippen LogP contribution in [-0.2, 0) is 6.61 Å². The van der Waals surface area contributed by atoms with Crippen molar-refractivity contribution in [1.29, 1.82) is 5.26 Å². The molecule has 5 heteroatoms. The van der Waals surface area contributed by atoms with Gasteiger partial charge in [-0.1, -0.05) is 18.2 Å². The molecule has 0 saturated heterocycles. The Balaban J connectivity index is 2.03. The molecular weight excluding hydrogens is 253 g/mol. The molecule has 100 valence electrons. The Morgan fingerprint density at radius 2 is 1.85 bits per heavy atom. The summed E-state index contributed by atoms with van der Waals surface area (Å²) in [4.78, 5) is 0. The highest BCUT2D eigenvalue weighted by Crippen LogP contribution is 2.15. The van der Waals surface area contributed by atoms with E-state index in [1.165, 1.54) is 0 Å². The van der Waals surface area contributed by atoms with Crippen LogP contribution in [0, 0.1) is 18.3 Å². The van der Waals surface area contributed by atoms with Crippen molar-refractivity contribution in [2.45, 2.75) is 13.5 Å². The molecule has 0 radical (unpaired) electrons. The Morgan fingerprint density at radius 3 is 2.40 bits per heavy atom. The van der Waals surface area contributed by atoms with Crippen LogP contribution in [0.5, 0.6) is 5.75 Å². The summed E-state index contributed by atoms with van der Waals surface area (Å²) >= 11 is 0. The summed E-state index contributed by atoms with van der Waals surface area (Å²) in [5.74, 6) is 0.651. The number of benzene rings is 2. The first-order valence-corrected chi connectivity index (χ1v) is 6.18. The first-order valence-electron chi connectivity index (χ1n) is 6.18. The standard InChI is InChI=1S/C15H14BNO3/c1-11-8-12(9-17)2-3-13(11)10-20-15-6-4-14(5-7-15)16(18)19/h2-8,18-19H,10H2,1H3. The largest absolute Gasteiger partial charge is 0.489 e. The second kappa shape index (κ2) is 6.24. The van der Waals surface area contributed by atoms with E-state index in [0.717, 1.165) is 11.1 Å². The molecule has 0 atom stereocenters. The molecule has 0 aliphatic rings. The summed E-state index contributed by atoms with van der Waals surface area (Å²) in [7, 11) is -1.47. The van der Waals surface area contributed by atoms with Crippen molar-refractivity contribution in [2.24, 2.45) is 0 Å². The molecule has 0 aliphatic carbocycles. The normalized spacial score (nSPS) is 9.90. The van der Waals surface area contributed by atoms with Gasteiger partial charge in [-0.3, -0.25) is 0 Å². The van der Waals surface area contributed by atoms with Crippen LogP contribution in [0.25, 0.3) is 0 Å². The maximum absolute atomic E-state index is 9.00. The first kappa shape index (κ1) is 14.1. The van der Waals surface area contributed by atoms with Crippen molar-refractivity contribution in [3.8, 4) is 11.8 Å². The van der Waals surface area contributed by atoms with E-state index in [2.05, 4.69) is 6.07 Å². The van der Waals surface area contributed by atoms with Gasteiger partial charge in [0.2, 0.25) is 0 Å². The lowest BCUT2D eigenvalue weighted by Gasteiger charge is -2.09. The molecule has 0 aliphatic heterocycles. The quantitative estimate of drug-likeness (QED) is 0.814. The number of rotatable bonds is 4. The molecule has 2 N–H and O–H groups in total. The summed E-state index contributed by atoms with van der Waals surface area (Å²) in [5.41, 5.74) is 3.07. The first-order chi connectivity index (χ1) is 9.60. The number of aryl methyl sites for hydroxylation is 1. The molecule has 4 nitrogen and oxygen atoms in total. The van der Waals surface area contributed by atoms with Crippen molar-refractivity contribution >= 4 is 12.6 Å². The average molecular weight is 267 g/mol. The molecule has 0 aromatic heterocycles. The van der Waals surface area contributed by atoms with Crippen LogP contribution in [0.3, 0.4) is 0 Å². The van der Waals surface area contributed by atoms with E-state index in [1.807, 2.05) is 19.1 Å². The highest BCUT2D eigenvalue weighted by molar-refractivity contribution is 6.58. The Bertz CT molecular complexity index is 633. The van der Waals surface area contributed by atoms with Crippen LogP contribution in [-0.4, -0.2) is 17.2 Å². The SMILES string of the molecule is Cc1cc(C#N)ccc1COc1ccc(B(O)O)cc1. The monoisotopic (exact) mass is 267 g/mol. The lowest BCUT2D eigenvalue weighted by molar-refractivity contribution is 0.305. The predicted molar refractivity (Wildman–Crippen MR) is 76.5 cm³/mol. The summed E-state index contributed by atoms with van der Waals surface area (Å²) in [6, 6.07) is 14.1. The van der Waals surface area contributed by atoms with Crippen LogP contribution in [0.15, 0.2) is 42.5 Å². The zero-order valence-electron chi connectivity index (χ0n) is 11.1. The van der Waals surface area contributed by atoms with E-state index in [-0.39, 0.29) is 0 Å². The maximum atomic E-state index is 9.00. The molecule has 2 rings (SSSR count). The van der Waals surface area contributed by atoms with Gasteiger partial charge in [-0.15, -0.1) is 0 Å². The Labute approximate surface area is 118 Å². The molecule has 0 bridgehead atoms. The fourth-order valence-corrected chi connectivity index (χ4v) is 1.82. The Hall–Kier alpha value is -2.29. The van der Waals surface area contributed by atoms with Gasteiger partial charge in [-0.2, -0.15) is 5.26 Å².